The highest BCUT2D eigenvalue weighted by Crippen LogP contribution is 2.28. The molecule has 164 valence electrons. The lowest BCUT2D eigenvalue weighted by molar-refractivity contribution is -0.131. The number of hydrogen-bond donors (Lipinski definition) is 0. The van der Waals surface area contributed by atoms with Crippen molar-refractivity contribution in [1.29, 1.82) is 0 Å². The van der Waals surface area contributed by atoms with Gasteiger partial charge in [-0.25, -0.2) is 0 Å². The third-order valence-corrected chi connectivity index (χ3v) is 5.67. The van der Waals surface area contributed by atoms with Crippen LogP contribution >= 0.6 is 23.2 Å². The lowest BCUT2D eigenvalue weighted by atomic mass is 10.1. The van der Waals surface area contributed by atoms with E-state index in [1.165, 1.54) is 0 Å². The van der Waals surface area contributed by atoms with Crippen LogP contribution in [-0.2, 0) is 17.8 Å². The molecule has 0 atom stereocenters. The van der Waals surface area contributed by atoms with Crippen molar-refractivity contribution in [1.82, 2.24) is 4.90 Å². The Labute approximate surface area is 190 Å². The van der Waals surface area contributed by atoms with Crippen molar-refractivity contribution >= 4 is 29.1 Å². The van der Waals surface area contributed by atoms with Crippen LogP contribution in [0.5, 0.6) is 11.5 Å². The summed E-state index contributed by atoms with van der Waals surface area (Å²) in [6.07, 6.45) is 5.53. The predicted molar refractivity (Wildman–Crippen MR) is 124 cm³/mol. The molecule has 2 rings (SSSR count). The minimum Gasteiger partial charge on any atom is -0.493 e. The summed E-state index contributed by atoms with van der Waals surface area (Å²) in [5.41, 5.74) is 1.98. The largest absolute Gasteiger partial charge is 0.493 e. The van der Waals surface area contributed by atoms with Crippen molar-refractivity contribution in [3.63, 3.8) is 0 Å². The quantitative estimate of drug-likeness (QED) is 0.343. The van der Waals surface area contributed by atoms with E-state index >= 15 is 0 Å². The number of ether oxygens (including phenoxy) is 2. The molecule has 30 heavy (non-hydrogen) atoms. The first-order chi connectivity index (χ1) is 14.5. The number of carbonyl (C=O) groups excluding carboxylic acids is 1. The number of carbonyl (C=O) groups is 1. The van der Waals surface area contributed by atoms with Crippen LogP contribution in [0, 0.1) is 0 Å². The van der Waals surface area contributed by atoms with Gasteiger partial charge >= 0.3 is 0 Å². The van der Waals surface area contributed by atoms with Gasteiger partial charge in [0.05, 0.1) is 14.2 Å². The standard InChI is InChI=1S/C24H31Cl2NO3/c1-4-5-6-7-8-24(28)27(14-13-19-10-11-20(25)16-21(19)26)17-18-9-12-22(29-2)23(15-18)30-3/h9-12,15-16H,4-8,13-14,17H2,1-3H3. The van der Waals surface area contributed by atoms with E-state index in [2.05, 4.69) is 6.92 Å². The van der Waals surface area contributed by atoms with Crippen molar-refractivity contribution in [3.8, 4) is 11.5 Å². The van der Waals surface area contributed by atoms with Crippen LogP contribution in [0.3, 0.4) is 0 Å². The van der Waals surface area contributed by atoms with Crippen molar-refractivity contribution in [3.05, 3.63) is 57.6 Å². The van der Waals surface area contributed by atoms with E-state index < -0.39 is 0 Å². The Morgan fingerprint density at radius 2 is 1.73 bits per heavy atom. The van der Waals surface area contributed by atoms with Gasteiger partial charge < -0.3 is 14.4 Å². The molecule has 0 N–H and O–H groups in total. The molecule has 0 bridgehead atoms. The second kappa shape index (κ2) is 12.7. The molecule has 0 unspecified atom stereocenters. The van der Waals surface area contributed by atoms with E-state index in [4.69, 9.17) is 32.7 Å². The fraction of sp³-hybridized carbons (Fsp3) is 0.458. The van der Waals surface area contributed by atoms with Crippen LogP contribution in [-0.4, -0.2) is 31.6 Å². The number of methoxy groups -OCH3 is 2. The predicted octanol–water partition coefficient (Wildman–Crippen LogP) is 6.55. The molecule has 0 aliphatic rings. The number of nitrogens with zero attached hydrogens (tertiary/aromatic N) is 1. The van der Waals surface area contributed by atoms with Gasteiger partial charge in [0.25, 0.3) is 0 Å². The van der Waals surface area contributed by atoms with E-state index in [9.17, 15) is 4.79 Å². The molecular weight excluding hydrogens is 421 g/mol. The number of rotatable bonds is 12. The topological polar surface area (TPSA) is 38.8 Å². The van der Waals surface area contributed by atoms with Gasteiger partial charge in [0.2, 0.25) is 5.91 Å². The Balaban J connectivity index is 2.12. The Kier molecular flexibility index (Phi) is 10.3. The first-order valence-corrected chi connectivity index (χ1v) is 11.2. The fourth-order valence-corrected chi connectivity index (χ4v) is 3.84. The van der Waals surface area contributed by atoms with Gasteiger partial charge in [0.1, 0.15) is 0 Å². The van der Waals surface area contributed by atoms with E-state index in [0.29, 0.717) is 47.5 Å². The summed E-state index contributed by atoms with van der Waals surface area (Å²) >= 11 is 12.3. The summed E-state index contributed by atoms with van der Waals surface area (Å²) in [7, 11) is 3.22. The molecule has 1 amide bonds. The summed E-state index contributed by atoms with van der Waals surface area (Å²) in [6, 6.07) is 11.2. The van der Waals surface area contributed by atoms with Gasteiger partial charge in [-0.05, 0) is 48.2 Å². The molecule has 0 radical (unpaired) electrons. The highest BCUT2D eigenvalue weighted by Gasteiger charge is 2.16. The number of halogens is 2. The van der Waals surface area contributed by atoms with Gasteiger partial charge in [-0.15, -0.1) is 0 Å². The van der Waals surface area contributed by atoms with E-state index in [1.54, 1.807) is 20.3 Å². The Hall–Kier alpha value is -1.91. The molecule has 0 saturated carbocycles. The van der Waals surface area contributed by atoms with Gasteiger partial charge in [0.15, 0.2) is 11.5 Å². The van der Waals surface area contributed by atoms with E-state index in [-0.39, 0.29) is 5.91 Å². The molecule has 0 fully saturated rings. The first-order valence-electron chi connectivity index (χ1n) is 10.4. The summed E-state index contributed by atoms with van der Waals surface area (Å²) in [5, 5.41) is 1.24. The summed E-state index contributed by atoms with van der Waals surface area (Å²) in [4.78, 5) is 14.9. The van der Waals surface area contributed by atoms with Crippen LogP contribution in [0.2, 0.25) is 10.0 Å². The zero-order chi connectivity index (χ0) is 21.9. The van der Waals surface area contributed by atoms with Crippen molar-refractivity contribution in [2.75, 3.05) is 20.8 Å². The highest BCUT2D eigenvalue weighted by molar-refractivity contribution is 6.35. The maximum absolute atomic E-state index is 13.0. The monoisotopic (exact) mass is 451 g/mol. The zero-order valence-electron chi connectivity index (χ0n) is 18.0. The van der Waals surface area contributed by atoms with Crippen LogP contribution in [0.4, 0.5) is 0 Å². The van der Waals surface area contributed by atoms with Crippen LogP contribution in [0.1, 0.15) is 50.2 Å². The van der Waals surface area contributed by atoms with Crippen LogP contribution in [0.25, 0.3) is 0 Å². The van der Waals surface area contributed by atoms with E-state index in [0.717, 1.165) is 36.8 Å². The van der Waals surface area contributed by atoms with Crippen molar-refractivity contribution in [2.45, 2.75) is 52.0 Å². The van der Waals surface area contributed by atoms with Gasteiger partial charge in [-0.3, -0.25) is 4.79 Å². The number of benzene rings is 2. The Morgan fingerprint density at radius 1 is 0.967 bits per heavy atom. The van der Waals surface area contributed by atoms with Gasteiger partial charge in [-0.1, -0.05) is 61.5 Å². The maximum atomic E-state index is 13.0. The Morgan fingerprint density at radius 3 is 2.40 bits per heavy atom. The van der Waals surface area contributed by atoms with Gasteiger partial charge in [-0.2, -0.15) is 0 Å². The third-order valence-electron chi connectivity index (χ3n) is 5.08. The average Bonchev–Trinajstić information content (AvgIpc) is 2.74. The first kappa shape index (κ1) is 24.4. The molecule has 0 heterocycles. The normalized spacial score (nSPS) is 10.7. The molecule has 0 aliphatic carbocycles. The zero-order valence-corrected chi connectivity index (χ0v) is 19.6. The number of unbranched alkanes of at least 4 members (excludes halogenated alkanes) is 3. The molecule has 0 aliphatic heterocycles. The summed E-state index contributed by atoms with van der Waals surface area (Å²) < 4.78 is 10.7. The maximum Gasteiger partial charge on any atom is 0.222 e. The second-order valence-corrected chi connectivity index (χ2v) is 8.14. The minimum atomic E-state index is 0.158. The lowest BCUT2D eigenvalue weighted by Crippen LogP contribution is -2.32. The highest BCUT2D eigenvalue weighted by atomic mass is 35.5. The molecule has 4 nitrogen and oxygen atoms in total. The number of amides is 1. The van der Waals surface area contributed by atoms with E-state index in [1.807, 2.05) is 35.2 Å². The summed E-state index contributed by atoms with van der Waals surface area (Å²) in [5.74, 6) is 1.49. The van der Waals surface area contributed by atoms with Crippen LogP contribution < -0.4 is 9.47 Å². The van der Waals surface area contributed by atoms with Crippen LogP contribution in [0.15, 0.2) is 36.4 Å². The fourth-order valence-electron chi connectivity index (χ4n) is 3.33. The summed E-state index contributed by atoms with van der Waals surface area (Å²) in [6.45, 7) is 3.27. The average molecular weight is 452 g/mol. The molecule has 2 aromatic carbocycles. The molecule has 0 spiro atoms. The van der Waals surface area contributed by atoms with Gasteiger partial charge in [0, 0.05) is 29.6 Å². The number of hydrogen-bond acceptors (Lipinski definition) is 3. The SMILES string of the molecule is CCCCCCC(=O)N(CCc1ccc(Cl)cc1Cl)Cc1ccc(OC)c(OC)c1. The Bertz CT molecular complexity index is 826. The smallest absolute Gasteiger partial charge is 0.222 e. The van der Waals surface area contributed by atoms with Crippen molar-refractivity contribution < 1.29 is 14.3 Å². The third kappa shape index (κ3) is 7.41. The molecule has 6 heteroatoms. The lowest BCUT2D eigenvalue weighted by Gasteiger charge is -2.24. The molecule has 2 aromatic rings. The molecule has 0 saturated heterocycles. The minimum absolute atomic E-state index is 0.158. The van der Waals surface area contributed by atoms with Crippen molar-refractivity contribution in [2.24, 2.45) is 0 Å². The molecule has 0 aromatic heterocycles. The molecular formula is C24H31Cl2NO3. The second-order valence-electron chi connectivity index (χ2n) is 7.30.